The van der Waals surface area contributed by atoms with Gasteiger partial charge >= 0.3 is 0 Å². The number of nitrogens with zero attached hydrogens (tertiary/aromatic N) is 2. The molecule has 0 amide bonds. The van der Waals surface area contributed by atoms with Gasteiger partial charge in [-0.05, 0) is 37.4 Å². The zero-order valence-corrected chi connectivity index (χ0v) is 13.1. The number of nitrogens with one attached hydrogen (secondary N) is 1. The van der Waals surface area contributed by atoms with Crippen LogP contribution in [0, 0.1) is 5.92 Å². The molecule has 1 N–H and O–H groups in total. The van der Waals surface area contributed by atoms with Crippen molar-refractivity contribution in [2.45, 2.75) is 44.7 Å². The van der Waals surface area contributed by atoms with E-state index in [1.165, 1.54) is 31.4 Å². The summed E-state index contributed by atoms with van der Waals surface area (Å²) in [6, 6.07) is 0.346. The van der Waals surface area contributed by atoms with E-state index in [9.17, 15) is 4.79 Å². The van der Waals surface area contributed by atoms with Crippen molar-refractivity contribution in [1.82, 2.24) is 9.78 Å². The van der Waals surface area contributed by atoms with E-state index in [1.54, 1.807) is 10.9 Å². The van der Waals surface area contributed by atoms with Gasteiger partial charge in [-0.15, -0.1) is 0 Å². The molecule has 1 unspecified atom stereocenters. The maximum Gasteiger partial charge on any atom is 0.291 e. The van der Waals surface area contributed by atoms with Crippen LogP contribution in [0.1, 0.15) is 32.1 Å². The van der Waals surface area contributed by atoms with Gasteiger partial charge in [-0.25, -0.2) is 4.68 Å². The van der Waals surface area contributed by atoms with Crippen LogP contribution < -0.4 is 10.9 Å². The molecule has 2 heterocycles. The molecule has 3 rings (SSSR count). The quantitative estimate of drug-likeness (QED) is 0.928. The molecule has 1 saturated carbocycles. The standard InChI is InChI=1S/C14H20ClN3OS/c15-12-7-16-18(8-10-3-1-4-10)14(19)13(12)17-11-5-2-6-20-9-11/h7,10-11,17H,1-6,8-9H2. The van der Waals surface area contributed by atoms with Crippen LogP contribution in [-0.2, 0) is 6.54 Å². The molecule has 1 atom stereocenters. The monoisotopic (exact) mass is 313 g/mol. The molecule has 1 saturated heterocycles. The number of thioether (sulfide) groups is 1. The van der Waals surface area contributed by atoms with Crippen molar-refractivity contribution in [2.24, 2.45) is 5.92 Å². The first-order valence-corrected chi connectivity index (χ1v) is 8.87. The van der Waals surface area contributed by atoms with E-state index in [4.69, 9.17) is 11.6 Å². The first kappa shape index (κ1) is 14.3. The van der Waals surface area contributed by atoms with Gasteiger partial charge in [0.2, 0.25) is 0 Å². The lowest BCUT2D eigenvalue weighted by molar-refractivity contribution is 0.262. The fraction of sp³-hybridized carbons (Fsp3) is 0.714. The Kier molecular flexibility index (Phi) is 4.56. The van der Waals surface area contributed by atoms with Crippen molar-refractivity contribution in [2.75, 3.05) is 16.8 Å². The molecule has 110 valence electrons. The predicted molar refractivity (Wildman–Crippen MR) is 84.8 cm³/mol. The molecule has 1 aromatic rings. The smallest absolute Gasteiger partial charge is 0.291 e. The Hall–Kier alpha value is -0.680. The Balaban J connectivity index is 1.77. The van der Waals surface area contributed by atoms with Crippen LogP contribution in [0.5, 0.6) is 0 Å². The van der Waals surface area contributed by atoms with Gasteiger partial charge in [-0.2, -0.15) is 16.9 Å². The summed E-state index contributed by atoms with van der Waals surface area (Å²) in [5, 5.41) is 7.96. The second-order valence-corrected chi connectivity index (χ2v) is 7.27. The van der Waals surface area contributed by atoms with Crippen LogP contribution in [0.15, 0.2) is 11.0 Å². The summed E-state index contributed by atoms with van der Waals surface area (Å²) < 4.78 is 1.58. The number of rotatable bonds is 4. The topological polar surface area (TPSA) is 46.9 Å². The molecule has 20 heavy (non-hydrogen) atoms. The Morgan fingerprint density at radius 1 is 1.40 bits per heavy atom. The molecule has 4 nitrogen and oxygen atoms in total. The zero-order chi connectivity index (χ0) is 13.9. The Morgan fingerprint density at radius 3 is 2.90 bits per heavy atom. The molecule has 0 aromatic carbocycles. The summed E-state index contributed by atoms with van der Waals surface area (Å²) in [5.41, 5.74) is 0.466. The highest BCUT2D eigenvalue weighted by atomic mass is 35.5. The fourth-order valence-corrected chi connectivity index (χ4v) is 3.96. The van der Waals surface area contributed by atoms with E-state index in [2.05, 4.69) is 10.4 Å². The summed E-state index contributed by atoms with van der Waals surface area (Å²) in [6.07, 6.45) is 7.59. The second-order valence-electron chi connectivity index (χ2n) is 5.71. The van der Waals surface area contributed by atoms with Crippen molar-refractivity contribution < 1.29 is 0 Å². The van der Waals surface area contributed by atoms with Gasteiger partial charge in [0, 0.05) is 18.3 Å². The highest BCUT2D eigenvalue weighted by Crippen LogP contribution is 2.28. The normalized spacial score (nSPS) is 23.4. The third-order valence-corrected chi connectivity index (χ3v) is 5.66. The summed E-state index contributed by atoms with van der Waals surface area (Å²) in [5.74, 6) is 2.87. The van der Waals surface area contributed by atoms with E-state index in [0.717, 1.165) is 18.7 Å². The average Bonchev–Trinajstić information content (AvgIpc) is 2.42. The average molecular weight is 314 g/mol. The van der Waals surface area contributed by atoms with Gasteiger partial charge in [0.1, 0.15) is 5.69 Å². The van der Waals surface area contributed by atoms with Crippen molar-refractivity contribution >= 4 is 29.1 Å². The fourth-order valence-electron chi connectivity index (χ4n) is 2.71. The molecule has 2 fully saturated rings. The molecule has 6 heteroatoms. The number of aromatic nitrogens is 2. The highest BCUT2D eigenvalue weighted by molar-refractivity contribution is 7.99. The summed E-state index contributed by atoms with van der Waals surface area (Å²) in [7, 11) is 0. The Labute approximate surface area is 128 Å². The third-order valence-electron chi connectivity index (χ3n) is 4.16. The molecule has 1 aliphatic heterocycles. The van der Waals surface area contributed by atoms with Gasteiger partial charge < -0.3 is 5.32 Å². The molecular formula is C14H20ClN3OS. The van der Waals surface area contributed by atoms with Crippen LogP contribution in [-0.4, -0.2) is 27.3 Å². The first-order valence-electron chi connectivity index (χ1n) is 7.34. The van der Waals surface area contributed by atoms with E-state index in [0.29, 0.717) is 22.7 Å². The van der Waals surface area contributed by atoms with Crippen molar-refractivity contribution in [3.8, 4) is 0 Å². The Bertz CT molecular complexity index is 524. The van der Waals surface area contributed by atoms with Gasteiger partial charge in [-0.3, -0.25) is 4.79 Å². The zero-order valence-electron chi connectivity index (χ0n) is 11.5. The molecule has 1 aromatic heterocycles. The van der Waals surface area contributed by atoms with Gasteiger partial charge in [0.15, 0.2) is 0 Å². The number of anilines is 1. The molecular weight excluding hydrogens is 294 g/mol. The first-order chi connectivity index (χ1) is 9.74. The SMILES string of the molecule is O=c1c(NC2CCCSC2)c(Cl)cnn1CC1CCC1. The Morgan fingerprint density at radius 2 is 2.25 bits per heavy atom. The minimum atomic E-state index is -0.0695. The van der Waals surface area contributed by atoms with Gasteiger partial charge in [0.25, 0.3) is 5.56 Å². The lowest BCUT2D eigenvalue weighted by atomic mass is 9.85. The van der Waals surface area contributed by atoms with Crippen LogP contribution in [0.4, 0.5) is 5.69 Å². The lowest BCUT2D eigenvalue weighted by Crippen LogP contribution is -2.34. The molecule has 1 aliphatic carbocycles. The summed E-state index contributed by atoms with van der Waals surface area (Å²) in [4.78, 5) is 12.5. The van der Waals surface area contributed by atoms with Crippen LogP contribution in [0.3, 0.4) is 0 Å². The largest absolute Gasteiger partial charge is 0.376 e. The maximum absolute atomic E-state index is 12.5. The number of hydrogen-bond acceptors (Lipinski definition) is 4. The van der Waals surface area contributed by atoms with Crippen LogP contribution in [0.25, 0.3) is 0 Å². The summed E-state index contributed by atoms with van der Waals surface area (Å²) >= 11 is 8.09. The van der Waals surface area contributed by atoms with E-state index in [1.807, 2.05) is 11.8 Å². The second kappa shape index (κ2) is 6.39. The van der Waals surface area contributed by atoms with Gasteiger partial charge in [-0.1, -0.05) is 18.0 Å². The molecule has 0 bridgehead atoms. The van der Waals surface area contributed by atoms with E-state index >= 15 is 0 Å². The molecule has 0 spiro atoms. The molecule has 2 aliphatic rings. The van der Waals surface area contributed by atoms with Crippen molar-refractivity contribution in [3.05, 3.63) is 21.6 Å². The third kappa shape index (κ3) is 3.14. The van der Waals surface area contributed by atoms with Crippen LogP contribution in [0.2, 0.25) is 5.02 Å². The van der Waals surface area contributed by atoms with E-state index < -0.39 is 0 Å². The number of hydrogen-bond donors (Lipinski definition) is 1. The minimum absolute atomic E-state index is 0.0695. The highest BCUT2D eigenvalue weighted by Gasteiger charge is 2.21. The summed E-state index contributed by atoms with van der Waals surface area (Å²) in [6.45, 7) is 0.726. The molecule has 0 radical (unpaired) electrons. The van der Waals surface area contributed by atoms with Crippen LogP contribution >= 0.6 is 23.4 Å². The predicted octanol–water partition coefficient (Wildman–Crippen LogP) is 3.00. The van der Waals surface area contributed by atoms with E-state index in [-0.39, 0.29) is 5.56 Å². The van der Waals surface area contributed by atoms with Crippen molar-refractivity contribution in [1.29, 1.82) is 0 Å². The minimum Gasteiger partial charge on any atom is -0.376 e. The lowest BCUT2D eigenvalue weighted by Gasteiger charge is -2.26. The van der Waals surface area contributed by atoms with Crippen molar-refractivity contribution in [3.63, 3.8) is 0 Å². The number of halogens is 1. The maximum atomic E-state index is 12.5. The van der Waals surface area contributed by atoms with Gasteiger partial charge in [0.05, 0.1) is 11.2 Å².